The van der Waals surface area contributed by atoms with E-state index in [1.165, 1.54) is 0 Å². The number of nitrogens with two attached hydrogens (primary N) is 1. The molecule has 0 saturated carbocycles. The summed E-state index contributed by atoms with van der Waals surface area (Å²) in [6.45, 7) is 0. The van der Waals surface area contributed by atoms with Gasteiger partial charge < -0.3 is 5.11 Å². The van der Waals surface area contributed by atoms with Crippen LogP contribution in [0.3, 0.4) is 0 Å². The predicted octanol–water partition coefficient (Wildman–Crippen LogP) is 0.320. The van der Waals surface area contributed by atoms with Crippen LogP contribution >= 0.6 is 0 Å². The molecule has 0 aliphatic heterocycles. The molecule has 0 fully saturated rings. The molecule has 0 bridgehead atoms. The molecule has 0 saturated heterocycles. The lowest BCUT2D eigenvalue weighted by Crippen LogP contribution is -2.14. The van der Waals surface area contributed by atoms with Gasteiger partial charge in [-0.2, -0.15) is 0 Å². The highest BCUT2D eigenvalue weighted by Gasteiger charge is 2.09. The van der Waals surface area contributed by atoms with Crippen LogP contribution in [-0.4, -0.2) is 13.5 Å². The lowest BCUT2D eigenvalue weighted by molar-refractivity contribution is 0.467. The highest BCUT2D eigenvalue weighted by molar-refractivity contribution is 7.88. The Labute approximate surface area is 74.9 Å². The highest BCUT2D eigenvalue weighted by atomic mass is 32.2. The Hall–Kier alpha value is -1.14. The van der Waals surface area contributed by atoms with Crippen LogP contribution in [0.25, 0.3) is 0 Å². The standard InChI is InChI=1S/C7H8FNO3S/c8-6-1-2-7(10)5(3-6)4-13(9,11)12/h1-3,10H,4H2,(H2,9,11,12). The monoisotopic (exact) mass is 205 g/mol. The summed E-state index contributed by atoms with van der Waals surface area (Å²) in [4.78, 5) is 0. The van der Waals surface area contributed by atoms with Gasteiger partial charge in [-0.1, -0.05) is 0 Å². The minimum Gasteiger partial charge on any atom is -0.508 e. The summed E-state index contributed by atoms with van der Waals surface area (Å²) in [5.74, 6) is -1.47. The summed E-state index contributed by atoms with van der Waals surface area (Å²) in [6.07, 6.45) is 0. The van der Waals surface area contributed by atoms with Crippen molar-refractivity contribution in [2.75, 3.05) is 0 Å². The summed E-state index contributed by atoms with van der Waals surface area (Å²) >= 11 is 0. The minimum atomic E-state index is -3.74. The largest absolute Gasteiger partial charge is 0.508 e. The molecule has 0 aliphatic rings. The molecule has 0 atom stereocenters. The number of halogens is 1. The van der Waals surface area contributed by atoms with E-state index in [1.807, 2.05) is 0 Å². The fraction of sp³-hybridized carbons (Fsp3) is 0.143. The number of sulfonamides is 1. The Morgan fingerprint density at radius 1 is 1.46 bits per heavy atom. The summed E-state index contributed by atoms with van der Waals surface area (Å²) < 4.78 is 33.8. The maximum Gasteiger partial charge on any atom is 0.213 e. The molecule has 0 heterocycles. The zero-order valence-electron chi connectivity index (χ0n) is 6.57. The van der Waals surface area contributed by atoms with E-state index in [0.717, 1.165) is 18.2 Å². The van der Waals surface area contributed by atoms with Gasteiger partial charge in [0, 0.05) is 5.56 Å². The van der Waals surface area contributed by atoms with Gasteiger partial charge >= 0.3 is 0 Å². The quantitative estimate of drug-likeness (QED) is 0.729. The molecular formula is C7H8FNO3S. The van der Waals surface area contributed by atoms with Gasteiger partial charge in [0.15, 0.2) is 0 Å². The van der Waals surface area contributed by atoms with E-state index in [2.05, 4.69) is 0 Å². The number of phenolic OH excluding ortho intramolecular Hbond substituents is 1. The highest BCUT2D eigenvalue weighted by Crippen LogP contribution is 2.19. The van der Waals surface area contributed by atoms with Crippen molar-refractivity contribution in [2.45, 2.75) is 5.75 Å². The van der Waals surface area contributed by atoms with E-state index < -0.39 is 21.6 Å². The molecule has 4 nitrogen and oxygen atoms in total. The van der Waals surface area contributed by atoms with E-state index in [4.69, 9.17) is 10.2 Å². The molecule has 6 heteroatoms. The van der Waals surface area contributed by atoms with E-state index in [0.29, 0.717) is 0 Å². The van der Waals surface area contributed by atoms with Gasteiger partial charge in [0.25, 0.3) is 0 Å². The Bertz CT molecular complexity index is 416. The smallest absolute Gasteiger partial charge is 0.213 e. The third-order valence-corrected chi connectivity index (χ3v) is 2.11. The third kappa shape index (κ3) is 3.00. The lowest BCUT2D eigenvalue weighted by Gasteiger charge is -2.02. The number of phenols is 1. The topological polar surface area (TPSA) is 80.4 Å². The average Bonchev–Trinajstić information content (AvgIpc) is 1.94. The van der Waals surface area contributed by atoms with Crippen LogP contribution in [0.4, 0.5) is 4.39 Å². The minimum absolute atomic E-state index is 0.0394. The van der Waals surface area contributed by atoms with Gasteiger partial charge in [-0.05, 0) is 18.2 Å². The molecule has 0 spiro atoms. The second kappa shape index (κ2) is 3.31. The zero-order chi connectivity index (χ0) is 10.1. The Morgan fingerprint density at radius 3 is 2.62 bits per heavy atom. The lowest BCUT2D eigenvalue weighted by atomic mass is 10.2. The molecule has 1 aromatic carbocycles. The van der Waals surface area contributed by atoms with E-state index >= 15 is 0 Å². The number of hydrogen-bond acceptors (Lipinski definition) is 3. The van der Waals surface area contributed by atoms with Crippen molar-refractivity contribution in [3.63, 3.8) is 0 Å². The molecule has 72 valence electrons. The van der Waals surface area contributed by atoms with Crippen LogP contribution in [0, 0.1) is 5.82 Å². The summed E-state index contributed by atoms with van der Waals surface area (Å²) in [5, 5.41) is 13.8. The summed E-state index contributed by atoms with van der Waals surface area (Å²) in [7, 11) is -3.74. The number of primary sulfonamides is 1. The van der Waals surface area contributed by atoms with E-state index in [1.54, 1.807) is 0 Å². The average molecular weight is 205 g/mol. The summed E-state index contributed by atoms with van der Waals surface area (Å²) in [5.41, 5.74) is -0.0394. The van der Waals surface area contributed by atoms with Crippen molar-refractivity contribution in [3.8, 4) is 5.75 Å². The molecular weight excluding hydrogens is 197 g/mol. The molecule has 13 heavy (non-hydrogen) atoms. The molecule has 0 aromatic heterocycles. The fourth-order valence-corrected chi connectivity index (χ4v) is 1.55. The van der Waals surface area contributed by atoms with Crippen molar-refractivity contribution < 1.29 is 17.9 Å². The van der Waals surface area contributed by atoms with Gasteiger partial charge in [0.05, 0.1) is 5.75 Å². The molecule has 1 aromatic rings. The van der Waals surface area contributed by atoms with Crippen molar-refractivity contribution >= 4 is 10.0 Å². The van der Waals surface area contributed by atoms with Crippen molar-refractivity contribution in [1.82, 2.24) is 0 Å². The van der Waals surface area contributed by atoms with Crippen molar-refractivity contribution in [1.29, 1.82) is 0 Å². The van der Waals surface area contributed by atoms with Crippen LogP contribution in [0.15, 0.2) is 18.2 Å². The maximum atomic E-state index is 12.6. The second-order valence-electron chi connectivity index (χ2n) is 2.58. The third-order valence-electron chi connectivity index (χ3n) is 1.40. The maximum absolute atomic E-state index is 12.6. The Morgan fingerprint density at radius 2 is 2.08 bits per heavy atom. The summed E-state index contributed by atoms with van der Waals surface area (Å²) in [6, 6.07) is 3.04. The number of benzene rings is 1. The fourth-order valence-electron chi connectivity index (χ4n) is 0.886. The van der Waals surface area contributed by atoms with Gasteiger partial charge in [0.1, 0.15) is 11.6 Å². The van der Waals surface area contributed by atoms with Gasteiger partial charge in [-0.15, -0.1) is 0 Å². The van der Waals surface area contributed by atoms with Crippen molar-refractivity contribution in [3.05, 3.63) is 29.6 Å². The molecule has 0 aliphatic carbocycles. The van der Waals surface area contributed by atoms with E-state index in [-0.39, 0.29) is 11.3 Å². The first-order valence-electron chi connectivity index (χ1n) is 3.36. The first kappa shape index (κ1) is 9.94. The number of aromatic hydroxyl groups is 1. The number of hydrogen-bond donors (Lipinski definition) is 2. The van der Waals surface area contributed by atoms with Crippen LogP contribution in [0.5, 0.6) is 5.75 Å². The van der Waals surface area contributed by atoms with Crippen LogP contribution in [-0.2, 0) is 15.8 Å². The molecule has 3 N–H and O–H groups in total. The normalized spacial score (nSPS) is 11.5. The molecule has 0 radical (unpaired) electrons. The zero-order valence-corrected chi connectivity index (χ0v) is 7.38. The first-order chi connectivity index (χ1) is 5.88. The molecule has 1 rings (SSSR count). The van der Waals surface area contributed by atoms with E-state index in [9.17, 15) is 12.8 Å². The predicted molar refractivity (Wildman–Crippen MR) is 44.9 cm³/mol. The van der Waals surface area contributed by atoms with Gasteiger partial charge in [-0.25, -0.2) is 17.9 Å². The number of rotatable bonds is 2. The first-order valence-corrected chi connectivity index (χ1v) is 5.08. The van der Waals surface area contributed by atoms with Crippen LogP contribution in [0.1, 0.15) is 5.56 Å². The second-order valence-corrected chi connectivity index (χ2v) is 4.19. The SMILES string of the molecule is NS(=O)(=O)Cc1cc(F)ccc1O. The van der Waals surface area contributed by atoms with Gasteiger partial charge in [0.2, 0.25) is 10.0 Å². The van der Waals surface area contributed by atoms with Gasteiger partial charge in [-0.3, -0.25) is 0 Å². The Balaban J connectivity index is 3.08. The molecule has 0 unspecified atom stereocenters. The Kier molecular flexibility index (Phi) is 2.53. The van der Waals surface area contributed by atoms with Crippen LogP contribution < -0.4 is 5.14 Å². The van der Waals surface area contributed by atoms with Crippen LogP contribution in [0.2, 0.25) is 0 Å². The molecule has 0 amide bonds. The van der Waals surface area contributed by atoms with Crippen molar-refractivity contribution in [2.24, 2.45) is 5.14 Å².